The number of aromatic nitrogens is 4. The van der Waals surface area contributed by atoms with Crippen LogP contribution in [0.3, 0.4) is 0 Å². The molecule has 0 aliphatic heterocycles. The minimum atomic E-state index is -4.88. The topological polar surface area (TPSA) is 110 Å². The lowest BCUT2D eigenvalue weighted by Crippen LogP contribution is -2.40. The molecule has 0 atom stereocenters. The lowest BCUT2D eigenvalue weighted by molar-refractivity contribution is -0.274. The van der Waals surface area contributed by atoms with E-state index in [1.807, 2.05) is 0 Å². The number of fused-ring (bicyclic) bond motifs is 1. The predicted octanol–water partition coefficient (Wildman–Crippen LogP) is 3.81. The molecule has 3 aromatic rings. The lowest BCUT2D eigenvalue weighted by Gasteiger charge is -2.16. The number of alkyl halides is 3. The van der Waals surface area contributed by atoms with E-state index in [-0.39, 0.29) is 42.6 Å². The number of ether oxygens (including phenoxy) is 3. The van der Waals surface area contributed by atoms with Crippen LogP contribution in [0.4, 0.5) is 13.2 Å². The first-order valence-electron chi connectivity index (χ1n) is 12.2. The van der Waals surface area contributed by atoms with E-state index in [2.05, 4.69) is 29.4 Å². The highest BCUT2D eigenvalue weighted by atomic mass is 28.3. The van der Waals surface area contributed by atoms with Crippen LogP contribution in [-0.4, -0.2) is 50.4 Å². The molecule has 1 fully saturated rings. The second-order valence-electron chi connectivity index (χ2n) is 10.7. The fourth-order valence-corrected chi connectivity index (χ4v) is 4.59. The zero-order valence-electron chi connectivity index (χ0n) is 21.7. The molecule has 1 saturated carbocycles. The summed E-state index contributed by atoms with van der Waals surface area (Å²) in [7, 11) is 0.0413. The van der Waals surface area contributed by atoms with Gasteiger partial charge in [0.25, 0.3) is 5.56 Å². The standard InChI is InChI=1S/C24H31F3N4O6Si/c1-29-19-18(20(32)30(22(29)33)11-10-23(34)8-9-23)31(15-35-12-13-38(2,3)4)21(28-19)36-16-6-5-7-17(14-16)37-24(25,26)27/h5-7,14,34H,8-13,15H2,1-4H3. The van der Waals surface area contributed by atoms with Crippen LogP contribution in [0.15, 0.2) is 33.9 Å². The third-order valence-electron chi connectivity index (χ3n) is 6.29. The van der Waals surface area contributed by atoms with E-state index in [4.69, 9.17) is 9.47 Å². The van der Waals surface area contributed by atoms with Crippen LogP contribution >= 0.6 is 0 Å². The van der Waals surface area contributed by atoms with Crippen LogP contribution in [0.2, 0.25) is 25.7 Å². The van der Waals surface area contributed by atoms with Gasteiger partial charge in [0.05, 0.1) is 5.60 Å². The highest BCUT2D eigenvalue weighted by Gasteiger charge is 2.40. The van der Waals surface area contributed by atoms with E-state index < -0.39 is 37.0 Å². The van der Waals surface area contributed by atoms with Gasteiger partial charge in [-0.1, -0.05) is 25.7 Å². The van der Waals surface area contributed by atoms with Crippen molar-refractivity contribution in [2.45, 2.75) is 70.2 Å². The maximum absolute atomic E-state index is 13.5. The number of hydrogen-bond acceptors (Lipinski definition) is 7. The van der Waals surface area contributed by atoms with Gasteiger partial charge in [-0.3, -0.25) is 18.5 Å². The van der Waals surface area contributed by atoms with Crippen LogP contribution in [0.5, 0.6) is 17.5 Å². The molecule has 0 amide bonds. The summed E-state index contributed by atoms with van der Waals surface area (Å²) in [6.45, 7) is 6.87. The average molecular weight is 557 g/mol. The second-order valence-corrected chi connectivity index (χ2v) is 16.4. The largest absolute Gasteiger partial charge is 0.573 e. The van der Waals surface area contributed by atoms with Crippen molar-refractivity contribution >= 4 is 19.2 Å². The Morgan fingerprint density at radius 2 is 1.82 bits per heavy atom. The van der Waals surface area contributed by atoms with E-state index in [9.17, 15) is 27.9 Å². The number of aliphatic hydroxyl groups is 1. The molecule has 208 valence electrons. The number of imidazole rings is 1. The van der Waals surface area contributed by atoms with Crippen molar-refractivity contribution in [3.05, 3.63) is 45.1 Å². The maximum Gasteiger partial charge on any atom is 0.573 e. The molecule has 1 aliphatic carbocycles. The Hall–Kier alpha value is -3.10. The van der Waals surface area contributed by atoms with Crippen molar-refractivity contribution in [3.8, 4) is 17.5 Å². The van der Waals surface area contributed by atoms with Gasteiger partial charge in [0, 0.05) is 34.3 Å². The second kappa shape index (κ2) is 10.2. The Labute approximate surface area is 217 Å². The molecule has 4 rings (SSSR count). The maximum atomic E-state index is 13.5. The SMILES string of the molecule is Cn1c(=O)n(CCC2(O)CC2)c(=O)c2c1nc(Oc1cccc(OC(F)(F)F)c1)n2COCC[Si](C)(C)C. The van der Waals surface area contributed by atoms with Crippen LogP contribution in [0.1, 0.15) is 19.3 Å². The van der Waals surface area contributed by atoms with Gasteiger partial charge in [-0.2, -0.15) is 4.98 Å². The van der Waals surface area contributed by atoms with E-state index in [1.165, 1.54) is 28.3 Å². The molecule has 10 nitrogen and oxygen atoms in total. The lowest BCUT2D eigenvalue weighted by atomic mass is 10.2. The molecule has 38 heavy (non-hydrogen) atoms. The van der Waals surface area contributed by atoms with Gasteiger partial charge in [0.15, 0.2) is 11.2 Å². The third kappa shape index (κ3) is 6.66. The molecule has 0 saturated heterocycles. The molecular formula is C24H31F3N4O6Si. The molecule has 1 aromatic carbocycles. The van der Waals surface area contributed by atoms with Crippen LogP contribution < -0.4 is 20.7 Å². The predicted molar refractivity (Wildman–Crippen MR) is 135 cm³/mol. The van der Waals surface area contributed by atoms with Crippen molar-refractivity contribution in [1.29, 1.82) is 0 Å². The van der Waals surface area contributed by atoms with Gasteiger partial charge < -0.3 is 19.3 Å². The summed E-state index contributed by atoms with van der Waals surface area (Å²) in [5, 5.41) is 10.2. The minimum absolute atomic E-state index is 0.0205. The molecule has 2 aromatic heterocycles. The van der Waals surface area contributed by atoms with E-state index in [0.29, 0.717) is 19.4 Å². The number of hydrogen-bond donors (Lipinski definition) is 1. The van der Waals surface area contributed by atoms with Crippen LogP contribution in [0.25, 0.3) is 11.2 Å². The molecule has 0 spiro atoms. The number of rotatable bonds is 11. The molecule has 0 radical (unpaired) electrons. The average Bonchev–Trinajstić information content (AvgIpc) is 3.42. The van der Waals surface area contributed by atoms with E-state index >= 15 is 0 Å². The monoisotopic (exact) mass is 556 g/mol. The van der Waals surface area contributed by atoms with Crippen LogP contribution in [0, 0.1) is 0 Å². The summed E-state index contributed by atoms with van der Waals surface area (Å²) in [5.74, 6) is -0.511. The first-order valence-corrected chi connectivity index (χ1v) is 15.9. The molecule has 2 heterocycles. The summed E-state index contributed by atoms with van der Waals surface area (Å²) in [4.78, 5) is 30.8. The Kier molecular flexibility index (Phi) is 7.51. The van der Waals surface area contributed by atoms with Gasteiger partial charge in [-0.25, -0.2) is 4.79 Å². The molecule has 1 N–H and O–H groups in total. The molecule has 14 heteroatoms. The fourth-order valence-electron chi connectivity index (χ4n) is 3.84. The van der Waals surface area contributed by atoms with Crippen LogP contribution in [-0.2, 0) is 25.1 Å². The number of aryl methyl sites for hydroxylation is 1. The normalized spacial score (nSPS) is 15.2. The summed E-state index contributed by atoms with van der Waals surface area (Å²) in [6, 6.07) is 5.61. The first-order chi connectivity index (χ1) is 17.7. The van der Waals surface area contributed by atoms with Crippen molar-refractivity contribution in [2.24, 2.45) is 7.05 Å². The van der Waals surface area contributed by atoms with Crippen molar-refractivity contribution in [1.82, 2.24) is 18.7 Å². The first kappa shape index (κ1) is 27.9. The van der Waals surface area contributed by atoms with E-state index in [1.54, 1.807) is 0 Å². The zero-order chi connectivity index (χ0) is 27.9. The van der Waals surface area contributed by atoms with Gasteiger partial charge in [-0.05, 0) is 37.4 Å². The summed E-state index contributed by atoms with van der Waals surface area (Å²) in [5.41, 5.74) is -2.02. The fraction of sp³-hybridized carbons (Fsp3) is 0.542. The molecule has 1 aliphatic rings. The van der Waals surface area contributed by atoms with Crippen molar-refractivity contribution in [2.75, 3.05) is 6.61 Å². The van der Waals surface area contributed by atoms with Gasteiger partial charge in [-0.15, -0.1) is 13.2 Å². The van der Waals surface area contributed by atoms with Crippen molar-refractivity contribution in [3.63, 3.8) is 0 Å². The molecule has 0 unspecified atom stereocenters. The van der Waals surface area contributed by atoms with Gasteiger partial charge >= 0.3 is 18.1 Å². The Morgan fingerprint density at radius 3 is 2.45 bits per heavy atom. The summed E-state index contributed by atoms with van der Waals surface area (Å²) >= 11 is 0. The molecular weight excluding hydrogens is 525 g/mol. The van der Waals surface area contributed by atoms with Gasteiger partial charge in [0.1, 0.15) is 18.2 Å². The summed E-state index contributed by atoms with van der Waals surface area (Å²) in [6.07, 6.45) is -3.40. The van der Waals surface area contributed by atoms with Crippen molar-refractivity contribution < 1.29 is 32.5 Å². The quantitative estimate of drug-likeness (QED) is 0.283. The third-order valence-corrected chi connectivity index (χ3v) is 7.99. The zero-order valence-corrected chi connectivity index (χ0v) is 22.7. The number of nitrogens with zero attached hydrogens (tertiary/aromatic N) is 4. The van der Waals surface area contributed by atoms with E-state index in [0.717, 1.165) is 22.7 Å². The number of benzene rings is 1. The smallest absolute Gasteiger partial charge is 0.425 e. The summed E-state index contributed by atoms with van der Waals surface area (Å²) < 4.78 is 57.3. The Balaban J connectivity index is 1.74. The highest BCUT2D eigenvalue weighted by molar-refractivity contribution is 6.76. The number of halogens is 3. The highest BCUT2D eigenvalue weighted by Crippen LogP contribution is 2.38. The van der Waals surface area contributed by atoms with Gasteiger partial charge in [0.2, 0.25) is 0 Å². The Morgan fingerprint density at radius 1 is 1.13 bits per heavy atom. The minimum Gasteiger partial charge on any atom is -0.425 e. The molecule has 0 bridgehead atoms. The Bertz CT molecular complexity index is 1440.